The second kappa shape index (κ2) is 6.69. The lowest BCUT2D eigenvalue weighted by molar-refractivity contribution is -0.137. The van der Waals surface area contributed by atoms with Gasteiger partial charge in [0.15, 0.2) is 5.65 Å². The van der Waals surface area contributed by atoms with E-state index >= 15 is 0 Å². The summed E-state index contributed by atoms with van der Waals surface area (Å²) in [6.45, 7) is 0. The SMILES string of the molecule is Cn1cc2c3cc(C(=O)N=S(C)(C)=N)ccc3n(-c3ccc(C(F)(F)F)cc3)c2n1. The molecule has 10 heteroatoms. The van der Waals surface area contributed by atoms with Crippen molar-refractivity contribution in [2.45, 2.75) is 6.18 Å². The standard InChI is InChI=1S/C20H18F3N5OS/c1-27-11-16-15-10-12(19(29)26-30(2,3)24)4-9-17(15)28(18(16)25-27)14-7-5-13(6-8-14)20(21,22)23/h4-11,24H,1-3H3. The highest BCUT2D eigenvalue weighted by Crippen LogP contribution is 2.34. The van der Waals surface area contributed by atoms with Gasteiger partial charge in [-0.25, -0.2) is 0 Å². The molecule has 6 nitrogen and oxygen atoms in total. The number of nitrogens with zero attached hydrogens (tertiary/aromatic N) is 4. The first kappa shape index (κ1) is 20.1. The number of rotatable bonds is 2. The number of halogens is 3. The van der Waals surface area contributed by atoms with Crippen molar-refractivity contribution in [3.63, 3.8) is 0 Å². The molecule has 4 rings (SSSR count). The minimum absolute atomic E-state index is 0.352. The van der Waals surface area contributed by atoms with E-state index in [0.29, 0.717) is 22.4 Å². The van der Waals surface area contributed by atoms with Crippen molar-refractivity contribution in [1.29, 1.82) is 4.78 Å². The fraction of sp³-hybridized carbons (Fsp3) is 0.200. The Labute approximate surface area is 170 Å². The first-order valence-corrected chi connectivity index (χ1v) is 11.3. The minimum Gasteiger partial charge on any atom is -0.292 e. The van der Waals surface area contributed by atoms with E-state index in [4.69, 9.17) is 4.78 Å². The summed E-state index contributed by atoms with van der Waals surface area (Å²) in [6.07, 6.45) is 0.584. The molecule has 30 heavy (non-hydrogen) atoms. The summed E-state index contributed by atoms with van der Waals surface area (Å²) in [5.74, 6) is -0.466. The molecular formula is C20H18F3N5OS. The average Bonchev–Trinajstić information content (AvgIpc) is 3.14. The molecule has 0 aliphatic heterocycles. The quantitative estimate of drug-likeness (QED) is 0.481. The summed E-state index contributed by atoms with van der Waals surface area (Å²) < 4.78 is 54.0. The van der Waals surface area contributed by atoms with Crippen LogP contribution in [0, 0.1) is 4.78 Å². The van der Waals surface area contributed by atoms with E-state index in [1.54, 1.807) is 53.2 Å². The number of nitrogens with one attached hydrogen (secondary N) is 1. The number of hydrogen-bond acceptors (Lipinski definition) is 3. The second-order valence-corrected chi connectivity index (χ2v) is 10.0. The Morgan fingerprint density at radius 2 is 1.77 bits per heavy atom. The Hall–Kier alpha value is -3.14. The zero-order valence-corrected chi connectivity index (χ0v) is 17.2. The molecule has 0 saturated carbocycles. The number of alkyl halides is 3. The van der Waals surface area contributed by atoms with Crippen LogP contribution in [0.25, 0.3) is 27.6 Å². The van der Waals surface area contributed by atoms with Crippen molar-refractivity contribution in [1.82, 2.24) is 14.3 Å². The van der Waals surface area contributed by atoms with Crippen molar-refractivity contribution in [3.8, 4) is 5.69 Å². The van der Waals surface area contributed by atoms with Gasteiger partial charge in [0, 0.05) is 47.8 Å². The number of fused-ring (bicyclic) bond motifs is 3. The molecule has 2 aromatic heterocycles. The summed E-state index contributed by atoms with van der Waals surface area (Å²) in [5, 5.41) is 5.95. The molecule has 4 aromatic rings. The molecule has 2 heterocycles. The number of aromatic nitrogens is 3. The van der Waals surface area contributed by atoms with Gasteiger partial charge in [-0.3, -0.25) is 18.8 Å². The molecule has 0 fully saturated rings. The molecule has 1 amide bonds. The number of carbonyl (C=O) groups is 1. The van der Waals surface area contributed by atoms with Crippen LogP contribution in [0.3, 0.4) is 0 Å². The maximum absolute atomic E-state index is 12.9. The van der Waals surface area contributed by atoms with Crippen LogP contribution < -0.4 is 0 Å². The number of amides is 1. The predicted molar refractivity (Wildman–Crippen MR) is 111 cm³/mol. The van der Waals surface area contributed by atoms with Crippen molar-refractivity contribution in [2.24, 2.45) is 11.4 Å². The molecule has 156 valence electrons. The van der Waals surface area contributed by atoms with Crippen molar-refractivity contribution in [2.75, 3.05) is 12.5 Å². The highest BCUT2D eigenvalue weighted by molar-refractivity contribution is 7.93. The highest BCUT2D eigenvalue weighted by Gasteiger charge is 2.30. The van der Waals surface area contributed by atoms with Crippen LogP contribution in [0.1, 0.15) is 15.9 Å². The molecular weight excluding hydrogens is 415 g/mol. The third-order valence-corrected chi connectivity index (χ3v) is 5.18. The third-order valence-electron chi connectivity index (χ3n) is 4.56. The topological polar surface area (TPSA) is 76.0 Å². The largest absolute Gasteiger partial charge is 0.416 e. The van der Waals surface area contributed by atoms with Gasteiger partial charge in [0.1, 0.15) is 0 Å². The van der Waals surface area contributed by atoms with Crippen LogP contribution in [0.4, 0.5) is 13.2 Å². The number of aryl methyl sites for hydroxylation is 1. The Balaban J connectivity index is 1.94. The van der Waals surface area contributed by atoms with Crippen LogP contribution in [0.15, 0.2) is 53.0 Å². The van der Waals surface area contributed by atoms with Crippen LogP contribution in [-0.2, 0) is 22.8 Å². The van der Waals surface area contributed by atoms with E-state index in [2.05, 4.69) is 9.46 Å². The lowest BCUT2D eigenvalue weighted by Crippen LogP contribution is -2.05. The highest BCUT2D eigenvalue weighted by atomic mass is 32.2. The van der Waals surface area contributed by atoms with Gasteiger partial charge in [-0.15, -0.1) is 0 Å². The molecule has 0 bridgehead atoms. The Morgan fingerprint density at radius 1 is 1.10 bits per heavy atom. The van der Waals surface area contributed by atoms with Crippen molar-refractivity contribution >= 4 is 37.5 Å². The van der Waals surface area contributed by atoms with E-state index in [0.717, 1.165) is 22.9 Å². The summed E-state index contributed by atoms with van der Waals surface area (Å²) in [4.78, 5) is 12.5. The smallest absolute Gasteiger partial charge is 0.292 e. The summed E-state index contributed by atoms with van der Waals surface area (Å²) in [6, 6.07) is 9.89. The zero-order chi connectivity index (χ0) is 21.8. The van der Waals surface area contributed by atoms with Gasteiger partial charge in [-0.1, -0.05) is 9.62 Å². The van der Waals surface area contributed by atoms with E-state index in [-0.39, 0.29) is 0 Å². The first-order chi connectivity index (χ1) is 13.9. The molecule has 0 aliphatic rings. The van der Waals surface area contributed by atoms with E-state index in [9.17, 15) is 18.0 Å². The maximum Gasteiger partial charge on any atom is 0.416 e. The lowest BCUT2D eigenvalue weighted by Gasteiger charge is -2.10. The molecule has 0 spiro atoms. The summed E-state index contributed by atoms with van der Waals surface area (Å²) in [7, 11) is -0.356. The Bertz CT molecular complexity index is 1410. The number of carbonyl (C=O) groups excluding carboxylic acids is 1. The predicted octanol–water partition coefficient (Wildman–Crippen LogP) is 5.04. The third kappa shape index (κ3) is 3.58. The summed E-state index contributed by atoms with van der Waals surface area (Å²) >= 11 is 0. The van der Waals surface area contributed by atoms with Gasteiger partial charge in [0.25, 0.3) is 5.91 Å². The van der Waals surface area contributed by atoms with E-state index < -0.39 is 27.3 Å². The first-order valence-electron chi connectivity index (χ1n) is 8.85. The molecule has 1 N–H and O–H groups in total. The van der Waals surface area contributed by atoms with Gasteiger partial charge >= 0.3 is 6.18 Å². The minimum atomic E-state index is -4.41. The molecule has 0 unspecified atom stereocenters. The molecule has 2 aromatic carbocycles. The normalized spacial score (nSPS) is 12.6. The Kier molecular flexibility index (Phi) is 4.50. The van der Waals surface area contributed by atoms with E-state index in [1.807, 2.05) is 0 Å². The Morgan fingerprint density at radius 3 is 2.37 bits per heavy atom. The second-order valence-electron chi connectivity index (χ2n) is 7.32. The van der Waals surface area contributed by atoms with E-state index in [1.165, 1.54) is 12.1 Å². The zero-order valence-electron chi connectivity index (χ0n) is 16.4. The van der Waals surface area contributed by atoms with Gasteiger partial charge < -0.3 is 0 Å². The van der Waals surface area contributed by atoms with Crippen LogP contribution in [0.5, 0.6) is 0 Å². The molecule has 0 atom stereocenters. The van der Waals surface area contributed by atoms with Crippen LogP contribution in [0.2, 0.25) is 0 Å². The molecule has 0 radical (unpaired) electrons. The molecule has 0 saturated heterocycles. The van der Waals surface area contributed by atoms with Gasteiger partial charge in [-0.05, 0) is 42.5 Å². The van der Waals surface area contributed by atoms with Crippen LogP contribution >= 0.6 is 0 Å². The van der Waals surface area contributed by atoms with Gasteiger partial charge in [0.05, 0.1) is 11.1 Å². The maximum atomic E-state index is 12.9. The average molecular weight is 433 g/mol. The van der Waals surface area contributed by atoms with Crippen LogP contribution in [-0.4, -0.2) is 32.8 Å². The van der Waals surface area contributed by atoms with Crippen molar-refractivity contribution in [3.05, 3.63) is 59.8 Å². The van der Waals surface area contributed by atoms with Crippen molar-refractivity contribution < 1.29 is 18.0 Å². The van der Waals surface area contributed by atoms with Gasteiger partial charge in [-0.2, -0.15) is 22.6 Å². The summed E-state index contributed by atoms with van der Waals surface area (Å²) in [5.41, 5.74) is 1.44. The number of benzene rings is 2. The molecule has 0 aliphatic carbocycles. The van der Waals surface area contributed by atoms with Gasteiger partial charge in [0.2, 0.25) is 0 Å². The monoisotopic (exact) mass is 433 g/mol. The fourth-order valence-electron chi connectivity index (χ4n) is 3.35. The lowest BCUT2D eigenvalue weighted by atomic mass is 10.1. The number of hydrogen-bond donors (Lipinski definition) is 1. The fourth-order valence-corrected chi connectivity index (χ4v) is 3.87.